The van der Waals surface area contributed by atoms with Crippen LogP contribution in [0, 0.1) is 11.8 Å². The summed E-state index contributed by atoms with van der Waals surface area (Å²) in [5.74, 6) is 5.77. The Morgan fingerprint density at radius 2 is 2.33 bits per heavy atom. The number of nitrogens with two attached hydrogens (primary N) is 1. The van der Waals surface area contributed by atoms with Crippen LogP contribution in [0.4, 0.5) is 5.69 Å². The van der Waals surface area contributed by atoms with Crippen molar-refractivity contribution in [3.8, 4) is 17.6 Å². The molecule has 0 heterocycles. The van der Waals surface area contributed by atoms with Gasteiger partial charge in [0.15, 0.2) is 0 Å². The maximum absolute atomic E-state index is 9.10. The molecule has 1 rings (SSSR count). The van der Waals surface area contributed by atoms with E-state index in [1.807, 2.05) is 0 Å². The molecule has 0 unspecified atom stereocenters. The minimum atomic E-state index is 0.118. The zero-order valence-electron chi connectivity index (χ0n) is 8.01. The average molecular weight is 202 g/mol. The number of nitrogen functional groups attached to an aromatic ring is 1. The lowest BCUT2D eigenvalue weighted by molar-refractivity contribution is 0.475. The number of rotatable bonds is 2. The highest BCUT2D eigenvalue weighted by Gasteiger charge is 1.95. The van der Waals surface area contributed by atoms with Crippen LogP contribution in [0.15, 0.2) is 23.3 Å². The molecule has 0 amide bonds. The lowest BCUT2D eigenvalue weighted by atomic mass is 10.2. The third-order valence-electron chi connectivity index (χ3n) is 1.66. The molecule has 0 radical (unpaired) electrons. The fourth-order valence-corrected chi connectivity index (χ4v) is 0.972. The number of benzene rings is 1. The van der Waals surface area contributed by atoms with Crippen molar-refractivity contribution >= 4 is 5.69 Å². The second-order valence-corrected chi connectivity index (χ2v) is 2.78. The number of aromatic hydroxyl groups is 1. The standard InChI is InChI=1S/C10H10N4O/c11-10-7-9(15)5-4-8(10)3-1-2-6-13-14-12/h4-5,7,15H,2,6,11H2. The highest BCUT2D eigenvalue weighted by atomic mass is 16.3. The molecule has 5 nitrogen and oxygen atoms in total. The minimum absolute atomic E-state index is 0.118. The molecule has 0 bridgehead atoms. The topological polar surface area (TPSA) is 95.0 Å². The van der Waals surface area contributed by atoms with Gasteiger partial charge < -0.3 is 10.8 Å². The van der Waals surface area contributed by atoms with Gasteiger partial charge in [0.1, 0.15) is 5.75 Å². The van der Waals surface area contributed by atoms with Crippen LogP contribution in [0.2, 0.25) is 0 Å². The quantitative estimate of drug-likeness (QED) is 0.192. The third kappa shape index (κ3) is 3.51. The maximum Gasteiger partial charge on any atom is 0.117 e. The number of nitrogens with zero attached hydrogens (tertiary/aromatic N) is 3. The summed E-state index contributed by atoms with van der Waals surface area (Å²) < 4.78 is 0. The van der Waals surface area contributed by atoms with Crippen molar-refractivity contribution < 1.29 is 5.11 Å². The fraction of sp³-hybridized carbons (Fsp3) is 0.200. The number of anilines is 1. The van der Waals surface area contributed by atoms with Crippen LogP contribution >= 0.6 is 0 Å². The number of phenolic OH excluding ortho intramolecular Hbond substituents is 1. The van der Waals surface area contributed by atoms with Gasteiger partial charge in [0.2, 0.25) is 0 Å². The summed E-state index contributed by atoms with van der Waals surface area (Å²) in [7, 11) is 0. The predicted molar refractivity (Wildman–Crippen MR) is 58.0 cm³/mol. The first-order valence-corrected chi connectivity index (χ1v) is 4.32. The van der Waals surface area contributed by atoms with Crippen LogP contribution in [0.5, 0.6) is 5.75 Å². The lowest BCUT2D eigenvalue weighted by Gasteiger charge is -1.97. The van der Waals surface area contributed by atoms with Gasteiger partial charge in [-0.25, -0.2) is 0 Å². The van der Waals surface area contributed by atoms with Crippen molar-refractivity contribution in [1.82, 2.24) is 0 Å². The SMILES string of the molecule is [N-]=[N+]=NCCC#Cc1ccc(O)cc1N. The van der Waals surface area contributed by atoms with Gasteiger partial charge in [0, 0.05) is 29.5 Å². The van der Waals surface area contributed by atoms with E-state index in [1.54, 1.807) is 6.07 Å². The second kappa shape index (κ2) is 5.43. The molecule has 76 valence electrons. The van der Waals surface area contributed by atoms with Crippen LogP contribution in [0.3, 0.4) is 0 Å². The Kier molecular flexibility index (Phi) is 3.90. The molecule has 0 aliphatic carbocycles. The number of phenols is 1. The third-order valence-corrected chi connectivity index (χ3v) is 1.66. The van der Waals surface area contributed by atoms with Crippen molar-refractivity contribution in [2.75, 3.05) is 12.3 Å². The van der Waals surface area contributed by atoms with Gasteiger partial charge in [-0.1, -0.05) is 17.0 Å². The summed E-state index contributed by atoms with van der Waals surface area (Å²) >= 11 is 0. The van der Waals surface area contributed by atoms with Crippen LogP contribution in [0.25, 0.3) is 10.4 Å². The molecule has 0 atom stereocenters. The van der Waals surface area contributed by atoms with Crippen LogP contribution in [-0.4, -0.2) is 11.7 Å². The Labute approximate surface area is 87.2 Å². The van der Waals surface area contributed by atoms with Crippen molar-refractivity contribution in [1.29, 1.82) is 0 Å². The zero-order valence-corrected chi connectivity index (χ0v) is 8.01. The molecule has 15 heavy (non-hydrogen) atoms. The molecule has 0 aliphatic heterocycles. The molecule has 0 saturated heterocycles. The summed E-state index contributed by atoms with van der Waals surface area (Å²) in [6.45, 7) is 0.349. The van der Waals surface area contributed by atoms with Gasteiger partial charge in [-0.15, -0.1) is 0 Å². The number of hydrogen-bond acceptors (Lipinski definition) is 3. The van der Waals surface area contributed by atoms with E-state index < -0.39 is 0 Å². The van der Waals surface area contributed by atoms with Gasteiger partial charge >= 0.3 is 0 Å². The smallest absolute Gasteiger partial charge is 0.117 e. The lowest BCUT2D eigenvalue weighted by Crippen LogP contribution is -1.89. The van der Waals surface area contributed by atoms with E-state index in [0.717, 1.165) is 0 Å². The van der Waals surface area contributed by atoms with E-state index in [-0.39, 0.29) is 5.75 Å². The van der Waals surface area contributed by atoms with E-state index in [0.29, 0.717) is 24.2 Å². The van der Waals surface area contributed by atoms with Gasteiger partial charge in [0.05, 0.1) is 5.69 Å². The summed E-state index contributed by atoms with van der Waals surface area (Å²) in [5.41, 5.74) is 14.7. The number of azide groups is 1. The Bertz CT molecular complexity index is 452. The molecule has 5 heteroatoms. The van der Waals surface area contributed by atoms with Gasteiger partial charge in [-0.3, -0.25) is 0 Å². The molecule has 0 spiro atoms. The van der Waals surface area contributed by atoms with E-state index in [1.165, 1.54) is 12.1 Å². The van der Waals surface area contributed by atoms with E-state index >= 15 is 0 Å². The van der Waals surface area contributed by atoms with Crippen molar-refractivity contribution in [2.45, 2.75) is 6.42 Å². The normalized spacial score (nSPS) is 8.53. The van der Waals surface area contributed by atoms with E-state index in [2.05, 4.69) is 21.9 Å². The Hall–Kier alpha value is -2.31. The molecular formula is C10H10N4O. The first kappa shape index (κ1) is 10.8. The largest absolute Gasteiger partial charge is 0.508 e. The Balaban J connectivity index is 2.67. The Morgan fingerprint density at radius 1 is 1.53 bits per heavy atom. The van der Waals surface area contributed by atoms with Crippen LogP contribution < -0.4 is 5.73 Å². The molecule has 0 fully saturated rings. The van der Waals surface area contributed by atoms with Gasteiger partial charge in [0.25, 0.3) is 0 Å². The molecule has 0 aromatic heterocycles. The highest BCUT2D eigenvalue weighted by molar-refractivity contribution is 5.58. The average Bonchev–Trinajstić information content (AvgIpc) is 2.20. The summed E-state index contributed by atoms with van der Waals surface area (Å²) in [4.78, 5) is 2.61. The van der Waals surface area contributed by atoms with Gasteiger partial charge in [-0.05, 0) is 17.7 Å². The van der Waals surface area contributed by atoms with Crippen LogP contribution in [0.1, 0.15) is 12.0 Å². The summed E-state index contributed by atoms with van der Waals surface area (Å²) in [6, 6.07) is 4.61. The predicted octanol–water partition coefficient (Wildman–Crippen LogP) is 2.03. The molecule has 1 aromatic carbocycles. The molecule has 3 N–H and O–H groups in total. The molecule has 0 saturated carbocycles. The van der Waals surface area contributed by atoms with Crippen molar-refractivity contribution in [3.05, 3.63) is 34.2 Å². The first-order chi connectivity index (χ1) is 7.24. The minimum Gasteiger partial charge on any atom is -0.508 e. The van der Waals surface area contributed by atoms with Crippen molar-refractivity contribution in [3.63, 3.8) is 0 Å². The number of hydrogen-bond donors (Lipinski definition) is 2. The highest BCUT2D eigenvalue weighted by Crippen LogP contribution is 2.17. The summed E-state index contributed by atoms with van der Waals surface area (Å²) in [5, 5.41) is 12.4. The molecule has 1 aromatic rings. The Morgan fingerprint density at radius 3 is 3.00 bits per heavy atom. The van der Waals surface area contributed by atoms with E-state index in [4.69, 9.17) is 16.4 Å². The van der Waals surface area contributed by atoms with Crippen LogP contribution in [-0.2, 0) is 0 Å². The second-order valence-electron chi connectivity index (χ2n) is 2.78. The maximum atomic E-state index is 9.10. The fourth-order valence-electron chi connectivity index (χ4n) is 0.972. The molecule has 0 aliphatic rings. The van der Waals surface area contributed by atoms with Gasteiger partial charge in [-0.2, -0.15) is 0 Å². The van der Waals surface area contributed by atoms with Crippen molar-refractivity contribution in [2.24, 2.45) is 5.11 Å². The van der Waals surface area contributed by atoms with E-state index in [9.17, 15) is 0 Å². The molecular weight excluding hydrogens is 192 g/mol. The summed E-state index contributed by atoms with van der Waals surface area (Å²) in [6.07, 6.45) is 0.490. The zero-order chi connectivity index (χ0) is 11.1. The monoisotopic (exact) mass is 202 g/mol. The first-order valence-electron chi connectivity index (χ1n) is 4.32.